The van der Waals surface area contributed by atoms with E-state index in [-0.39, 0.29) is 30.3 Å². The molecule has 0 aliphatic heterocycles. The highest BCUT2D eigenvalue weighted by Gasteiger charge is 2.16. The van der Waals surface area contributed by atoms with Gasteiger partial charge in [-0.15, -0.1) is 0 Å². The maximum Gasteiger partial charge on any atom is 0.270 e. The summed E-state index contributed by atoms with van der Waals surface area (Å²) in [5.41, 5.74) is 0.144. The van der Waals surface area contributed by atoms with Gasteiger partial charge in [-0.1, -0.05) is 6.07 Å². The lowest BCUT2D eigenvalue weighted by Gasteiger charge is -2.19. The van der Waals surface area contributed by atoms with Gasteiger partial charge in [0.2, 0.25) is 0 Å². The van der Waals surface area contributed by atoms with Crippen molar-refractivity contribution in [3.63, 3.8) is 0 Å². The minimum absolute atomic E-state index is 0.115. The third kappa shape index (κ3) is 3.25. The van der Waals surface area contributed by atoms with E-state index >= 15 is 0 Å². The molecule has 1 amide bonds. The second kappa shape index (κ2) is 5.95. The highest BCUT2D eigenvalue weighted by molar-refractivity contribution is 5.94. The van der Waals surface area contributed by atoms with E-state index in [0.29, 0.717) is 6.54 Å². The highest BCUT2D eigenvalue weighted by atomic mass is 16.6. The van der Waals surface area contributed by atoms with Gasteiger partial charge in [-0.25, -0.2) is 0 Å². The fourth-order valence-corrected chi connectivity index (χ4v) is 1.46. The summed E-state index contributed by atoms with van der Waals surface area (Å²) >= 11 is 0. The van der Waals surface area contributed by atoms with E-state index in [9.17, 15) is 14.9 Å². The summed E-state index contributed by atoms with van der Waals surface area (Å²) in [6.07, 6.45) is 0. The molecule has 1 aromatic carbocycles. The maximum atomic E-state index is 11.9. The van der Waals surface area contributed by atoms with Crippen LogP contribution in [0.1, 0.15) is 17.3 Å². The fraction of sp³-hybridized carbons (Fsp3) is 0.364. The first-order chi connectivity index (χ1) is 8.10. The van der Waals surface area contributed by atoms with Crippen molar-refractivity contribution in [1.29, 1.82) is 0 Å². The monoisotopic (exact) mass is 238 g/mol. The molecule has 6 heteroatoms. The number of rotatable bonds is 5. The molecule has 1 aromatic rings. The number of amides is 1. The first-order valence-electron chi connectivity index (χ1n) is 5.24. The normalized spacial score (nSPS) is 10.0. The summed E-state index contributed by atoms with van der Waals surface area (Å²) in [5.74, 6) is -0.315. The average Bonchev–Trinajstić information content (AvgIpc) is 2.35. The van der Waals surface area contributed by atoms with Crippen LogP contribution < -0.4 is 0 Å². The summed E-state index contributed by atoms with van der Waals surface area (Å²) < 4.78 is 0. The molecule has 0 saturated carbocycles. The molecule has 0 heterocycles. The van der Waals surface area contributed by atoms with Crippen LogP contribution in [0.15, 0.2) is 24.3 Å². The molecule has 6 nitrogen and oxygen atoms in total. The van der Waals surface area contributed by atoms with Crippen LogP contribution in [0.2, 0.25) is 0 Å². The first-order valence-corrected chi connectivity index (χ1v) is 5.24. The summed E-state index contributed by atoms with van der Waals surface area (Å²) in [6, 6.07) is 5.56. The Labute approximate surface area is 98.6 Å². The highest BCUT2D eigenvalue weighted by Crippen LogP contribution is 2.14. The number of carbonyl (C=O) groups excluding carboxylic acids is 1. The van der Waals surface area contributed by atoms with Crippen molar-refractivity contribution in [2.75, 3.05) is 19.7 Å². The zero-order chi connectivity index (χ0) is 12.8. The van der Waals surface area contributed by atoms with Gasteiger partial charge in [-0.2, -0.15) is 0 Å². The number of carbonyl (C=O) groups is 1. The van der Waals surface area contributed by atoms with Crippen molar-refractivity contribution in [1.82, 2.24) is 4.90 Å². The molecule has 92 valence electrons. The average molecular weight is 238 g/mol. The number of nitro groups is 1. The van der Waals surface area contributed by atoms with Crippen molar-refractivity contribution < 1.29 is 14.8 Å². The van der Waals surface area contributed by atoms with Crippen molar-refractivity contribution >= 4 is 11.6 Å². The predicted molar refractivity (Wildman–Crippen MR) is 61.8 cm³/mol. The van der Waals surface area contributed by atoms with E-state index in [0.717, 1.165) is 0 Å². The Hall–Kier alpha value is -1.95. The van der Waals surface area contributed by atoms with E-state index in [1.54, 1.807) is 6.92 Å². The van der Waals surface area contributed by atoms with E-state index in [4.69, 9.17) is 5.11 Å². The Kier molecular flexibility index (Phi) is 4.59. The molecular weight excluding hydrogens is 224 g/mol. The number of non-ortho nitro benzene ring substituents is 1. The molecule has 0 aromatic heterocycles. The lowest BCUT2D eigenvalue weighted by atomic mass is 10.1. The van der Waals surface area contributed by atoms with Crippen LogP contribution in [0.5, 0.6) is 0 Å². The molecular formula is C11H14N2O4. The third-order valence-corrected chi connectivity index (χ3v) is 2.34. The standard InChI is InChI=1S/C11H14N2O4/c1-2-12(6-7-14)11(15)9-4-3-5-10(8-9)13(16)17/h3-5,8,14H,2,6-7H2,1H3. The van der Waals surface area contributed by atoms with E-state index in [1.165, 1.54) is 29.2 Å². The largest absolute Gasteiger partial charge is 0.395 e. The molecule has 0 saturated heterocycles. The SMILES string of the molecule is CCN(CCO)C(=O)c1cccc([N+](=O)[O-])c1. The van der Waals surface area contributed by atoms with Crippen LogP contribution in [0.25, 0.3) is 0 Å². The molecule has 1 N–H and O–H groups in total. The Morgan fingerprint density at radius 1 is 1.53 bits per heavy atom. The molecule has 0 fully saturated rings. The lowest BCUT2D eigenvalue weighted by molar-refractivity contribution is -0.384. The summed E-state index contributed by atoms with van der Waals surface area (Å²) in [7, 11) is 0. The number of hydrogen-bond acceptors (Lipinski definition) is 4. The van der Waals surface area contributed by atoms with Gasteiger partial charge < -0.3 is 10.0 Å². The number of benzene rings is 1. The van der Waals surface area contributed by atoms with Gasteiger partial charge in [0.25, 0.3) is 11.6 Å². The zero-order valence-corrected chi connectivity index (χ0v) is 9.50. The molecule has 0 radical (unpaired) electrons. The molecule has 1 rings (SSSR count). The second-order valence-corrected chi connectivity index (χ2v) is 3.42. The predicted octanol–water partition coefficient (Wildman–Crippen LogP) is 1.05. The van der Waals surface area contributed by atoms with E-state index in [1.807, 2.05) is 0 Å². The van der Waals surface area contributed by atoms with Crippen LogP contribution >= 0.6 is 0 Å². The Balaban J connectivity index is 2.95. The van der Waals surface area contributed by atoms with Crippen molar-refractivity contribution in [2.45, 2.75) is 6.92 Å². The molecule has 17 heavy (non-hydrogen) atoms. The maximum absolute atomic E-state index is 11.9. The number of likely N-dealkylation sites (N-methyl/N-ethyl adjacent to an activating group) is 1. The number of nitrogens with zero attached hydrogens (tertiary/aromatic N) is 2. The third-order valence-electron chi connectivity index (χ3n) is 2.34. The molecule has 0 bridgehead atoms. The number of aliphatic hydroxyl groups excluding tert-OH is 1. The fourth-order valence-electron chi connectivity index (χ4n) is 1.46. The number of nitro benzene ring substituents is 1. The number of aliphatic hydroxyl groups is 1. The topological polar surface area (TPSA) is 83.7 Å². The lowest BCUT2D eigenvalue weighted by Crippen LogP contribution is -2.33. The Morgan fingerprint density at radius 2 is 2.24 bits per heavy atom. The van der Waals surface area contributed by atoms with Gasteiger partial charge in [-0.05, 0) is 13.0 Å². The molecule has 0 atom stereocenters. The summed E-state index contributed by atoms with van der Waals surface area (Å²) in [4.78, 5) is 23.4. The minimum atomic E-state index is -0.543. The van der Waals surface area contributed by atoms with Crippen molar-refractivity contribution in [3.05, 3.63) is 39.9 Å². The molecule has 0 aliphatic carbocycles. The van der Waals surface area contributed by atoms with Gasteiger partial charge in [0, 0.05) is 30.8 Å². The van der Waals surface area contributed by atoms with Crippen LogP contribution in [-0.4, -0.2) is 40.5 Å². The van der Waals surface area contributed by atoms with Gasteiger partial charge in [0.15, 0.2) is 0 Å². The Bertz CT molecular complexity index is 420. The van der Waals surface area contributed by atoms with Gasteiger partial charge in [-0.3, -0.25) is 14.9 Å². The quantitative estimate of drug-likeness (QED) is 0.613. The van der Waals surface area contributed by atoms with Crippen molar-refractivity contribution in [3.8, 4) is 0 Å². The minimum Gasteiger partial charge on any atom is -0.395 e. The smallest absolute Gasteiger partial charge is 0.270 e. The first kappa shape index (κ1) is 13.1. The zero-order valence-electron chi connectivity index (χ0n) is 9.50. The van der Waals surface area contributed by atoms with Gasteiger partial charge in [0.1, 0.15) is 0 Å². The molecule has 0 unspecified atom stereocenters. The molecule has 0 aliphatic rings. The second-order valence-electron chi connectivity index (χ2n) is 3.42. The summed E-state index contributed by atoms with van der Waals surface area (Å²) in [5, 5.41) is 19.4. The summed E-state index contributed by atoms with van der Waals surface area (Å²) in [6.45, 7) is 2.32. The van der Waals surface area contributed by atoms with E-state index < -0.39 is 4.92 Å². The Morgan fingerprint density at radius 3 is 2.76 bits per heavy atom. The van der Waals surface area contributed by atoms with Gasteiger partial charge in [0.05, 0.1) is 11.5 Å². The van der Waals surface area contributed by atoms with Crippen LogP contribution in [-0.2, 0) is 0 Å². The van der Waals surface area contributed by atoms with Crippen LogP contribution in [0.4, 0.5) is 5.69 Å². The van der Waals surface area contributed by atoms with Crippen LogP contribution in [0, 0.1) is 10.1 Å². The number of hydrogen-bond donors (Lipinski definition) is 1. The molecule has 0 spiro atoms. The van der Waals surface area contributed by atoms with Crippen LogP contribution in [0.3, 0.4) is 0 Å². The van der Waals surface area contributed by atoms with Gasteiger partial charge >= 0.3 is 0 Å². The van der Waals surface area contributed by atoms with E-state index in [2.05, 4.69) is 0 Å². The van der Waals surface area contributed by atoms with Crippen molar-refractivity contribution in [2.24, 2.45) is 0 Å².